The molecule has 5 nitrogen and oxygen atoms in total. The molecule has 0 atom stereocenters. The number of hydrogen-bond donors (Lipinski definition) is 2. The SMILES string of the molecule is Cc1c[nH]c2ncnc(N3C=C(c4ccc5c(c4)NCCC5)SCC3)c12.Cl. The summed E-state index contributed by atoms with van der Waals surface area (Å²) < 4.78 is 0. The molecule has 0 amide bonds. The Kier molecular flexibility index (Phi) is 5.02. The van der Waals surface area contributed by atoms with Gasteiger partial charge in [0.25, 0.3) is 0 Å². The van der Waals surface area contributed by atoms with Crippen LogP contribution in [0.15, 0.2) is 36.9 Å². The van der Waals surface area contributed by atoms with Gasteiger partial charge in [-0.2, -0.15) is 0 Å². The molecule has 3 aromatic rings. The van der Waals surface area contributed by atoms with E-state index in [0.29, 0.717) is 0 Å². The van der Waals surface area contributed by atoms with Crippen molar-refractivity contribution in [3.05, 3.63) is 53.6 Å². The molecule has 1 aromatic carbocycles. The molecule has 2 aromatic heterocycles. The number of aryl methyl sites for hydroxylation is 2. The molecular weight excluding hydrogens is 378 g/mol. The second-order valence-corrected chi connectivity index (χ2v) is 7.97. The van der Waals surface area contributed by atoms with Crippen LogP contribution in [0.4, 0.5) is 11.5 Å². The zero-order valence-electron chi connectivity index (χ0n) is 15.2. The highest BCUT2D eigenvalue weighted by Crippen LogP contribution is 2.37. The van der Waals surface area contributed by atoms with Crippen LogP contribution >= 0.6 is 24.2 Å². The Bertz CT molecular complexity index is 1010. The third-order valence-electron chi connectivity index (χ3n) is 5.11. The molecule has 0 saturated heterocycles. The van der Waals surface area contributed by atoms with Crippen molar-refractivity contribution >= 4 is 51.6 Å². The minimum Gasteiger partial charge on any atom is -0.385 e. The monoisotopic (exact) mass is 399 g/mol. The molecule has 7 heteroatoms. The summed E-state index contributed by atoms with van der Waals surface area (Å²) in [5.41, 5.74) is 6.08. The summed E-state index contributed by atoms with van der Waals surface area (Å²) in [7, 11) is 0. The van der Waals surface area contributed by atoms with E-state index in [1.165, 1.54) is 40.1 Å². The number of nitrogens with zero attached hydrogens (tertiary/aromatic N) is 3. The quantitative estimate of drug-likeness (QED) is 0.659. The number of rotatable bonds is 2. The first-order valence-corrected chi connectivity index (χ1v) is 10.1. The van der Waals surface area contributed by atoms with Crippen LogP contribution < -0.4 is 10.2 Å². The van der Waals surface area contributed by atoms with E-state index in [1.807, 2.05) is 18.0 Å². The number of aromatic amines is 1. The fraction of sp³-hybridized carbons (Fsp3) is 0.300. The smallest absolute Gasteiger partial charge is 0.145 e. The molecule has 0 spiro atoms. The normalized spacial score (nSPS) is 16.3. The van der Waals surface area contributed by atoms with Crippen LogP contribution in [0.25, 0.3) is 15.9 Å². The largest absolute Gasteiger partial charge is 0.385 e. The lowest BCUT2D eigenvalue weighted by Gasteiger charge is -2.27. The van der Waals surface area contributed by atoms with Crippen molar-refractivity contribution in [2.24, 2.45) is 0 Å². The lowest BCUT2D eigenvalue weighted by atomic mass is 10.0. The Hall–Kier alpha value is -2.18. The summed E-state index contributed by atoms with van der Waals surface area (Å²) in [5, 5.41) is 4.65. The molecule has 4 heterocycles. The molecule has 0 fully saturated rings. The Morgan fingerprint density at radius 2 is 2.15 bits per heavy atom. The molecule has 2 aliphatic rings. The van der Waals surface area contributed by atoms with Gasteiger partial charge in [0, 0.05) is 41.8 Å². The maximum absolute atomic E-state index is 4.59. The number of nitrogens with one attached hydrogen (secondary N) is 2. The van der Waals surface area contributed by atoms with Crippen LogP contribution in [0.2, 0.25) is 0 Å². The summed E-state index contributed by atoms with van der Waals surface area (Å²) in [6.07, 6.45) is 8.28. The number of anilines is 2. The van der Waals surface area contributed by atoms with Crippen molar-refractivity contribution < 1.29 is 0 Å². The first kappa shape index (κ1) is 18.2. The average molecular weight is 400 g/mol. The van der Waals surface area contributed by atoms with E-state index >= 15 is 0 Å². The fourth-order valence-corrected chi connectivity index (χ4v) is 4.76. The van der Waals surface area contributed by atoms with E-state index in [-0.39, 0.29) is 12.4 Å². The highest BCUT2D eigenvalue weighted by Gasteiger charge is 2.19. The van der Waals surface area contributed by atoms with E-state index in [0.717, 1.165) is 35.7 Å². The highest BCUT2D eigenvalue weighted by molar-refractivity contribution is 8.08. The van der Waals surface area contributed by atoms with Crippen molar-refractivity contribution in [1.82, 2.24) is 15.0 Å². The molecule has 0 radical (unpaired) electrons. The van der Waals surface area contributed by atoms with Crippen molar-refractivity contribution in [3.63, 3.8) is 0 Å². The number of H-pyrrole nitrogens is 1. The van der Waals surface area contributed by atoms with E-state index in [2.05, 4.69) is 56.5 Å². The standard InChI is InChI=1S/C20H21N5S.ClH/c1-13-10-22-19-18(13)20(24-12-23-19)25-7-8-26-17(11-25)15-5-4-14-3-2-6-21-16(14)9-15;/h4-5,9-12,21H,2-3,6-8H2,1H3,(H,22,23,24);1H. The fourth-order valence-electron chi connectivity index (χ4n) is 3.75. The van der Waals surface area contributed by atoms with Crippen LogP contribution in [0, 0.1) is 6.92 Å². The number of benzene rings is 1. The summed E-state index contributed by atoms with van der Waals surface area (Å²) in [4.78, 5) is 15.7. The molecule has 140 valence electrons. The molecule has 2 aliphatic heterocycles. The summed E-state index contributed by atoms with van der Waals surface area (Å²) in [5.74, 6) is 2.04. The first-order chi connectivity index (χ1) is 12.8. The van der Waals surface area contributed by atoms with Crippen molar-refractivity contribution in [2.45, 2.75) is 19.8 Å². The third-order valence-corrected chi connectivity index (χ3v) is 6.15. The van der Waals surface area contributed by atoms with E-state index < -0.39 is 0 Å². The summed E-state index contributed by atoms with van der Waals surface area (Å²) >= 11 is 1.92. The van der Waals surface area contributed by atoms with E-state index in [4.69, 9.17) is 0 Å². The first-order valence-electron chi connectivity index (χ1n) is 9.07. The lowest BCUT2D eigenvalue weighted by molar-refractivity contribution is 0.830. The second-order valence-electron chi connectivity index (χ2n) is 6.83. The maximum Gasteiger partial charge on any atom is 0.145 e. The zero-order valence-corrected chi connectivity index (χ0v) is 16.8. The van der Waals surface area contributed by atoms with Crippen LogP contribution in [-0.2, 0) is 6.42 Å². The van der Waals surface area contributed by atoms with Gasteiger partial charge in [0.05, 0.1) is 5.39 Å². The number of hydrogen-bond acceptors (Lipinski definition) is 5. The highest BCUT2D eigenvalue weighted by atomic mass is 35.5. The lowest BCUT2D eigenvalue weighted by Crippen LogP contribution is -2.24. The van der Waals surface area contributed by atoms with Gasteiger partial charge in [-0.05, 0) is 42.5 Å². The van der Waals surface area contributed by atoms with E-state index in [9.17, 15) is 0 Å². The van der Waals surface area contributed by atoms with Crippen LogP contribution in [0.1, 0.15) is 23.1 Å². The molecule has 0 unspecified atom stereocenters. The number of thioether (sulfide) groups is 1. The van der Waals surface area contributed by atoms with Crippen LogP contribution in [-0.4, -0.2) is 33.8 Å². The van der Waals surface area contributed by atoms with Gasteiger partial charge in [0.15, 0.2) is 0 Å². The topological polar surface area (TPSA) is 56.8 Å². The Morgan fingerprint density at radius 3 is 3.07 bits per heavy atom. The zero-order chi connectivity index (χ0) is 17.5. The van der Waals surface area contributed by atoms with Gasteiger partial charge in [-0.15, -0.1) is 24.2 Å². The number of fused-ring (bicyclic) bond motifs is 2. The summed E-state index contributed by atoms with van der Waals surface area (Å²) in [6, 6.07) is 6.83. The molecule has 5 rings (SSSR count). The maximum atomic E-state index is 4.59. The Labute approximate surface area is 169 Å². The van der Waals surface area contributed by atoms with Gasteiger partial charge in [0.2, 0.25) is 0 Å². The predicted octanol–water partition coefficient (Wildman–Crippen LogP) is 4.60. The molecular formula is C20H22ClN5S. The minimum absolute atomic E-state index is 0. The van der Waals surface area contributed by atoms with Gasteiger partial charge < -0.3 is 15.2 Å². The molecule has 0 aliphatic carbocycles. The van der Waals surface area contributed by atoms with Crippen molar-refractivity contribution in [1.29, 1.82) is 0 Å². The average Bonchev–Trinajstić information content (AvgIpc) is 3.09. The predicted molar refractivity (Wildman–Crippen MR) is 117 cm³/mol. The van der Waals surface area contributed by atoms with Gasteiger partial charge >= 0.3 is 0 Å². The number of halogens is 1. The minimum atomic E-state index is 0. The molecule has 0 bridgehead atoms. The van der Waals surface area contributed by atoms with Gasteiger partial charge in [-0.25, -0.2) is 9.97 Å². The van der Waals surface area contributed by atoms with Gasteiger partial charge in [-0.1, -0.05) is 12.1 Å². The van der Waals surface area contributed by atoms with Gasteiger partial charge in [0.1, 0.15) is 17.8 Å². The van der Waals surface area contributed by atoms with Crippen molar-refractivity contribution in [3.8, 4) is 0 Å². The number of aromatic nitrogens is 3. The third kappa shape index (κ3) is 3.28. The molecule has 2 N–H and O–H groups in total. The molecule has 27 heavy (non-hydrogen) atoms. The Balaban J connectivity index is 0.00000180. The second kappa shape index (κ2) is 7.44. The van der Waals surface area contributed by atoms with E-state index in [1.54, 1.807) is 6.33 Å². The van der Waals surface area contributed by atoms with Gasteiger partial charge in [-0.3, -0.25) is 0 Å². The van der Waals surface area contributed by atoms with Crippen LogP contribution in [0.3, 0.4) is 0 Å². The van der Waals surface area contributed by atoms with Crippen molar-refractivity contribution in [2.75, 3.05) is 29.1 Å². The Morgan fingerprint density at radius 1 is 1.22 bits per heavy atom. The van der Waals surface area contributed by atoms with Crippen LogP contribution in [0.5, 0.6) is 0 Å². The summed E-state index contributed by atoms with van der Waals surface area (Å²) in [6.45, 7) is 4.12. The molecule has 0 saturated carbocycles.